The fraction of sp³-hybridized carbons (Fsp3) is 0.133. The summed E-state index contributed by atoms with van der Waals surface area (Å²) < 4.78 is 29.9. The highest BCUT2D eigenvalue weighted by molar-refractivity contribution is 9.10. The predicted molar refractivity (Wildman–Crippen MR) is 79.6 cm³/mol. The molecular weight excluding hydrogens is 342 g/mol. The van der Waals surface area contributed by atoms with Crippen LogP contribution < -0.4 is 0 Å². The van der Waals surface area contributed by atoms with Crippen molar-refractivity contribution < 1.29 is 13.6 Å². The van der Waals surface area contributed by atoms with Crippen molar-refractivity contribution in [1.29, 1.82) is 0 Å². The largest absolute Gasteiger partial charge is 0.306 e. The lowest BCUT2D eigenvalue weighted by molar-refractivity contribution is 0.103. The maximum absolute atomic E-state index is 13.8. The molecule has 0 radical (unpaired) electrons. The van der Waals surface area contributed by atoms with Crippen molar-refractivity contribution in [1.82, 2.24) is 9.78 Å². The van der Waals surface area contributed by atoms with Gasteiger partial charge in [0.05, 0.1) is 5.56 Å². The number of halogens is 3. The molecule has 0 bridgehead atoms. The van der Waals surface area contributed by atoms with E-state index < -0.39 is 23.0 Å². The summed E-state index contributed by atoms with van der Waals surface area (Å²) in [4.78, 5) is 12.4. The second kappa shape index (κ2) is 6.22. The van der Waals surface area contributed by atoms with E-state index in [1.54, 1.807) is 30.9 Å². The molecule has 6 heteroatoms. The van der Waals surface area contributed by atoms with Crippen LogP contribution in [0.4, 0.5) is 8.78 Å². The van der Waals surface area contributed by atoms with Crippen LogP contribution in [-0.4, -0.2) is 15.6 Å². The van der Waals surface area contributed by atoms with Gasteiger partial charge in [-0.05, 0) is 46.6 Å². The first-order valence-electron chi connectivity index (χ1n) is 6.14. The third-order valence-corrected chi connectivity index (χ3v) is 3.38. The fourth-order valence-electron chi connectivity index (χ4n) is 1.92. The van der Waals surface area contributed by atoms with Crippen LogP contribution in [0, 0.1) is 18.6 Å². The van der Waals surface area contributed by atoms with E-state index in [0.717, 1.165) is 16.6 Å². The Bertz CT molecular complexity index is 728. The van der Waals surface area contributed by atoms with Crippen LogP contribution in [0.1, 0.15) is 21.5 Å². The highest BCUT2D eigenvalue weighted by Gasteiger charge is 2.19. The summed E-state index contributed by atoms with van der Waals surface area (Å²) in [6, 6.07) is 5.06. The van der Waals surface area contributed by atoms with E-state index in [9.17, 15) is 13.6 Å². The van der Waals surface area contributed by atoms with Crippen molar-refractivity contribution in [3.8, 4) is 0 Å². The van der Waals surface area contributed by atoms with E-state index in [4.69, 9.17) is 0 Å². The minimum absolute atomic E-state index is 0.191. The summed E-state index contributed by atoms with van der Waals surface area (Å²) in [5.41, 5.74) is 0.226. The molecule has 2 rings (SSSR count). The van der Waals surface area contributed by atoms with Crippen molar-refractivity contribution >= 4 is 21.7 Å². The third kappa shape index (κ3) is 3.39. The maximum Gasteiger partial charge on any atom is 0.200 e. The first kappa shape index (κ1) is 15.4. The van der Waals surface area contributed by atoms with Gasteiger partial charge in [-0.15, -0.1) is 0 Å². The summed E-state index contributed by atoms with van der Waals surface area (Å²) in [5, 5.41) is 2.84. The smallest absolute Gasteiger partial charge is 0.200 e. The van der Waals surface area contributed by atoms with E-state index in [2.05, 4.69) is 21.0 Å². The molecule has 1 aromatic carbocycles. The molecule has 0 unspecified atom stereocenters. The molecule has 1 heterocycles. The number of hydrogen-bond acceptors (Lipinski definition) is 1. The molecule has 0 aliphatic carbocycles. The summed E-state index contributed by atoms with van der Waals surface area (Å²) >= 11 is 3.33. The minimum Gasteiger partial charge on any atom is -0.306 e. The first-order chi connectivity index (χ1) is 9.90. The van der Waals surface area contributed by atoms with E-state index in [1.165, 1.54) is 12.3 Å². The van der Waals surface area contributed by atoms with E-state index in [1.807, 2.05) is 0 Å². The number of hydrogen-bond donors (Lipinski definition) is 1. The highest BCUT2D eigenvalue weighted by atomic mass is 79.9. The van der Waals surface area contributed by atoms with Crippen LogP contribution in [0.15, 0.2) is 41.1 Å². The second-order valence-electron chi connectivity index (χ2n) is 4.57. The Morgan fingerprint density at radius 3 is 2.52 bits per heavy atom. The van der Waals surface area contributed by atoms with Gasteiger partial charge >= 0.3 is 0 Å². The van der Waals surface area contributed by atoms with Gasteiger partial charge in [-0.3, -0.25) is 9.48 Å². The molecule has 0 aliphatic heterocycles. The molecule has 0 aliphatic rings. The van der Waals surface area contributed by atoms with Crippen molar-refractivity contribution in [2.24, 2.45) is 7.05 Å². The fourth-order valence-corrected chi connectivity index (χ4v) is 2.57. The number of nitrogens with zero attached hydrogens (tertiary/aromatic N) is 1. The Labute approximate surface area is 129 Å². The Hall–Kier alpha value is -1.95. The Kier molecular flexibility index (Phi) is 4.57. The van der Waals surface area contributed by atoms with Gasteiger partial charge in [-0.1, -0.05) is 6.07 Å². The van der Waals surface area contributed by atoms with Crippen molar-refractivity contribution in [2.45, 2.75) is 6.92 Å². The second-order valence-corrected chi connectivity index (χ2v) is 5.48. The molecule has 0 saturated carbocycles. The Morgan fingerprint density at radius 2 is 1.90 bits per heavy atom. The summed E-state index contributed by atoms with van der Waals surface area (Å²) in [5.74, 6) is -2.46. The molecule has 2 aromatic rings. The van der Waals surface area contributed by atoms with Gasteiger partial charge in [0, 0.05) is 29.5 Å². The van der Waals surface area contributed by atoms with Gasteiger partial charge in [0.2, 0.25) is 5.78 Å². The number of nitrogens with one attached hydrogen (secondary N) is 1. The highest BCUT2D eigenvalue weighted by Crippen LogP contribution is 2.19. The summed E-state index contributed by atoms with van der Waals surface area (Å²) in [6.07, 6.45) is 3.18. The van der Waals surface area contributed by atoms with Gasteiger partial charge in [0.1, 0.15) is 11.6 Å². The standard InChI is InChI=1S/C15H13BrF2N2O/c1-9-6-10(16)8-20(2)19-7-11(9)15(21)14-12(17)4-3-5-13(14)18/h3-8,19H,1-2H3. The summed E-state index contributed by atoms with van der Waals surface area (Å²) in [7, 11) is 1.73. The SMILES string of the molecule is Cc1cc(Br)cn(C)[nH]cc1C(=O)c1c(F)cccc1F. The number of ketones is 1. The maximum atomic E-state index is 13.8. The number of aromatic nitrogens is 2. The average Bonchev–Trinajstić information content (AvgIpc) is 2.36. The Morgan fingerprint density at radius 1 is 1.29 bits per heavy atom. The molecule has 1 N–H and O–H groups in total. The Balaban J connectivity index is 2.67. The molecule has 0 spiro atoms. The number of carbonyl (C=O) groups is 1. The van der Waals surface area contributed by atoms with Crippen molar-refractivity contribution in [3.63, 3.8) is 0 Å². The van der Waals surface area contributed by atoms with Gasteiger partial charge in [-0.2, -0.15) is 0 Å². The number of carbonyl (C=O) groups excluding carboxylic acids is 1. The zero-order valence-corrected chi connectivity index (χ0v) is 13.0. The molecule has 0 amide bonds. The molecule has 21 heavy (non-hydrogen) atoms. The normalized spacial score (nSPS) is 10.3. The third-order valence-electron chi connectivity index (χ3n) is 2.94. The number of aryl methyl sites for hydroxylation is 2. The zero-order chi connectivity index (χ0) is 15.6. The van der Waals surface area contributed by atoms with E-state index in [-0.39, 0.29) is 5.56 Å². The van der Waals surface area contributed by atoms with Gasteiger partial charge in [-0.25, -0.2) is 8.78 Å². The van der Waals surface area contributed by atoms with E-state index in [0.29, 0.717) is 5.56 Å². The quantitative estimate of drug-likeness (QED) is 0.811. The predicted octanol–water partition coefficient (Wildman–Crippen LogP) is 4.06. The first-order valence-corrected chi connectivity index (χ1v) is 6.93. The van der Waals surface area contributed by atoms with Crippen LogP contribution in [0.5, 0.6) is 0 Å². The minimum atomic E-state index is -0.876. The molecule has 0 fully saturated rings. The lowest BCUT2D eigenvalue weighted by Crippen LogP contribution is -2.09. The van der Waals surface area contributed by atoms with Gasteiger partial charge < -0.3 is 5.10 Å². The molecule has 0 saturated heterocycles. The average molecular weight is 355 g/mol. The number of H-pyrrole nitrogens is 1. The number of aromatic amines is 1. The van der Waals surface area contributed by atoms with Crippen molar-refractivity contribution in [3.05, 3.63) is 69.5 Å². The topological polar surface area (TPSA) is 37.8 Å². The molecule has 0 atom stereocenters. The molecule has 110 valence electrons. The van der Waals surface area contributed by atoms with Crippen molar-refractivity contribution in [2.75, 3.05) is 0 Å². The van der Waals surface area contributed by atoms with Crippen LogP contribution >= 0.6 is 15.9 Å². The van der Waals surface area contributed by atoms with Crippen LogP contribution in [-0.2, 0) is 7.05 Å². The monoisotopic (exact) mass is 354 g/mol. The summed E-state index contributed by atoms with van der Waals surface area (Å²) in [6.45, 7) is 1.70. The molecule has 1 aromatic heterocycles. The van der Waals surface area contributed by atoms with Crippen LogP contribution in [0.3, 0.4) is 0 Å². The number of rotatable bonds is 2. The molecule has 3 nitrogen and oxygen atoms in total. The van der Waals surface area contributed by atoms with Gasteiger partial charge in [0.15, 0.2) is 0 Å². The lowest BCUT2D eigenvalue weighted by atomic mass is 10.0. The lowest BCUT2D eigenvalue weighted by Gasteiger charge is -2.07. The molecular formula is C15H13BrF2N2O. The van der Waals surface area contributed by atoms with Crippen LogP contribution in [0.25, 0.3) is 0 Å². The van der Waals surface area contributed by atoms with Gasteiger partial charge in [0.25, 0.3) is 0 Å². The number of benzene rings is 1. The van der Waals surface area contributed by atoms with Crippen LogP contribution in [0.2, 0.25) is 0 Å². The van der Waals surface area contributed by atoms with E-state index >= 15 is 0 Å². The zero-order valence-electron chi connectivity index (χ0n) is 11.5.